The quantitative estimate of drug-likeness (QED) is 0.700. The Kier molecular flexibility index (Phi) is 2.65. The summed E-state index contributed by atoms with van der Waals surface area (Å²) >= 11 is 0. The van der Waals surface area contributed by atoms with Crippen LogP contribution in [0.2, 0.25) is 0 Å². The summed E-state index contributed by atoms with van der Waals surface area (Å²) in [5.41, 5.74) is 5.78. The molecule has 0 aromatic carbocycles. The Hall–Kier alpha value is -1.10. The van der Waals surface area contributed by atoms with Gasteiger partial charge in [0.05, 0.1) is 6.04 Å². The molecule has 0 saturated carbocycles. The molecule has 1 unspecified atom stereocenters. The van der Waals surface area contributed by atoms with Crippen LogP contribution >= 0.6 is 0 Å². The molecule has 68 valence electrons. The lowest BCUT2D eigenvalue weighted by Crippen LogP contribution is -2.16. The van der Waals surface area contributed by atoms with Crippen LogP contribution in [-0.4, -0.2) is 17.2 Å². The molecule has 0 saturated heterocycles. The monoisotopic (exact) mass is 170 g/mol. The molecular weight excluding hydrogens is 156 g/mol. The highest BCUT2D eigenvalue weighted by Gasteiger charge is 2.16. The van der Waals surface area contributed by atoms with Crippen LogP contribution in [0.3, 0.4) is 0 Å². The summed E-state index contributed by atoms with van der Waals surface area (Å²) in [7, 11) is 1.72. The van der Waals surface area contributed by atoms with Gasteiger partial charge in [-0.1, -0.05) is 18.9 Å². The molecular formula is C7H14N4O. The van der Waals surface area contributed by atoms with E-state index in [1.165, 1.54) is 0 Å². The van der Waals surface area contributed by atoms with Gasteiger partial charge in [0.2, 0.25) is 5.89 Å². The fourth-order valence-electron chi connectivity index (χ4n) is 0.755. The summed E-state index contributed by atoms with van der Waals surface area (Å²) < 4.78 is 5.20. The molecule has 0 aliphatic carbocycles. The Labute approximate surface area is 71.3 Å². The molecule has 1 atom stereocenters. The van der Waals surface area contributed by atoms with Gasteiger partial charge in [0, 0.05) is 7.05 Å². The van der Waals surface area contributed by atoms with Gasteiger partial charge in [-0.3, -0.25) is 0 Å². The topological polar surface area (TPSA) is 77.0 Å². The zero-order chi connectivity index (χ0) is 9.14. The Balaban J connectivity index is 2.74. The highest BCUT2D eigenvalue weighted by atomic mass is 16.4. The van der Waals surface area contributed by atoms with Gasteiger partial charge in [-0.25, -0.2) is 0 Å². The minimum atomic E-state index is -0.181. The zero-order valence-electron chi connectivity index (χ0n) is 7.53. The maximum absolute atomic E-state index is 5.78. The molecule has 0 aliphatic heterocycles. The summed E-state index contributed by atoms with van der Waals surface area (Å²) in [6.07, 6.45) is 0. The number of aromatic nitrogens is 2. The molecule has 1 aromatic heterocycles. The SMILES string of the molecule is CNc1nnc(C(N)C(C)C)o1. The highest BCUT2D eigenvalue weighted by molar-refractivity contribution is 5.15. The average molecular weight is 170 g/mol. The van der Waals surface area contributed by atoms with Gasteiger partial charge in [-0.15, -0.1) is 5.10 Å². The Morgan fingerprint density at radius 2 is 2.08 bits per heavy atom. The first-order valence-corrected chi connectivity index (χ1v) is 3.92. The van der Waals surface area contributed by atoms with E-state index in [4.69, 9.17) is 10.2 Å². The van der Waals surface area contributed by atoms with E-state index < -0.39 is 0 Å². The van der Waals surface area contributed by atoms with Crippen molar-refractivity contribution in [2.45, 2.75) is 19.9 Å². The van der Waals surface area contributed by atoms with E-state index in [1.807, 2.05) is 13.8 Å². The van der Waals surface area contributed by atoms with Crippen molar-refractivity contribution in [3.8, 4) is 0 Å². The average Bonchev–Trinajstić information content (AvgIpc) is 2.50. The van der Waals surface area contributed by atoms with Crippen LogP contribution in [0.25, 0.3) is 0 Å². The van der Waals surface area contributed by atoms with Gasteiger partial charge in [-0.2, -0.15) is 0 Å². The molecule has 0 radical (unpaired) electrons. The third-order valence-corrected chi connectivity index (χ3v) is 1.66. The van der Waals surface area contributed by atoms with E-state index in [0.29, 0.717) is 17.8 Å². The van der Waals surface area contributed by atoms with E-state index in [0.717, 1.165) is 0 Å². The predicted octanol–water partition coefficient (Wildman–Crippen LogP) is 0.767. The number of nitrogens with two attached hydrogens (primary N) is 1. The molecule has 0 amide bonds. The van der Waals surface area contributed by atoms with E-state index in [1.54, 1.807) is 7.05 Å². The summed E-state index contributed by atoms with van der Waals surface area (Å²) in [4.78, 5) is 0. The molecule has 0 spiro atoms. The first-order chi connectivity index (χ1) is 5.65. The van der Waals surface area contributed by atoms with Gasteiger partial charge in [0.1, 0.15) is 0 Å². The largest absolute Gasteiger partial charge is 0.406 e. The molecule has 1 aromatic rings. The fraction of sp³-hybridized carbons (Fsp3) is 0.714. The second-order valence-electron chi connectivity index (χ2n) is 2.97. The van der Waals surface area contributed by atoms with Gasteiger partial charge < -0.3 is 15.5 Å². The molecule has 5 heteroatoms. The highest BCUT2D eigenvalue weighted by Crippen LogP contribution is 2.18. The zero-order valence-corrected chi connectivity index (χ0v) is 7.53. The number of rotatable bonds is 3. The van der Waals surface area contributed by atoms with Crippen LogP contribution in [0.1, 0.15) is 25.8 Å². The van der Waals surface area contributed by atoms with Gasteiger partial charge in [0.15, 0.2) is 0 Å². The molecule has 3 N–H and O–H groups in total. The Bertz CT molecular complexity index is 245. The second kappa shape index (κ2) is 3.53. The lowest BCUT2D eigenvalue weighted by atomic mass is 10.1. The number of nitrogens with one attached hydrogen (secondary N) is 1. The first-order valence-electron chi connectivity index (χ1n) is 3.92. The molecule has 12 heavy (non-hydrogen) atoms. The van der Waals surface area contributed by atoms with Crippen LogP contribution in [0, 0.1) is 5.92 Å². The molecule has 0 fully saturated rings. The number of nitrogens with zero attached hydrogens (tertiary/aromatic N) is 2. The summed E-state index contributed by atoms with van der Waals surface area (Å²) in [6, 6.07) is 0.223. The van der Waals surface area contributed by atoms with Gasteiger partial charge in [-0.05, 0) is 5.92 Å². The second-order valence-corrected chi connectivity index (χ2v) is 2.97. The molecule has 1 rings (SSSR count). The van der Waals surface area contributed by atoms with Crippen LogP contribution < -0.4 is 11.1 Å². The van der Waals surface area contributed by atoms with Crippen molar-refractivity contribution >= 4 is 6.01 Å². The normalized spacial score (nSPS) is 13.4. The smallest absolute Gasteiger partial charge is 0.315 e. The Morgan fingerprint density at radius 3 is 2.50 bits per heavy atom. The lowest BCUT2D eigenvalue weighted by molar-refractivity contribution is 0.394. The molecule has 5 nitrogen and oxygen atoms in total. The molecule has 1 heterocycles. The number of hydrogen-bond donors (Lipinski definition) is 2. The summed E-state index contributed by atoms with van der Waals surface area (Å²) in [6.45, 7) is 4.02. The van der Waals surface area contributed by atoms with E-state index in [9.17, 15) is 0 Å². The Morgan fingerprint density at radius 1 is 1.42 bits per heavy atom. The third-order valence-electron chi connectivity index (χ3n) is 1.66. The fourth-order valence-corrected chi connectivity index (χ4v) is 0.755. The van der Waals surface area contributed by atoms with Crippen LogP contribution in [0.5, 0.6) is 0 Å². The maximum atomic E-state index is 5.78. The van der Waals surface area contributed by atoms with Crippen molar-refractivity contribution in [1.29, 1.82) is 0 Å². The van der Waals surface area contributed by atoms with Crippen molar-refractivity contribution in [3.05, 3.63) is 5.89 Å². The minimum absolute atomic E-state index is 0.181. The van der Waals surface area contributed by atoms with Crippen molar-refractivity contribution in [2.24, 2.45) is 11.7 Å². The summed E-state index contributed by atoms with van der Waals surface area (Å²) in [5, 5.41) is 10.3. The lowest BCUT2D eigenvalue weighted by Gasteiger charge is -2.09. The number of hydrogen-bond acceptors (Lipinski definition) is 5. The number of anilines is 1. The van der Waals surface area contributed by atoms with E-state index in [2.05, 4.69) is 15.5 Å². The van der Waals surface area contributed by atoms with Crippen molar-refractivity contribution in [3.63, 3.8) is 0 Å². The van der Waals surface area contributed by atoms with E-state index in [-0.39, 0.29) is 6.04 Å². The van der Waals surface area contributed by atoms with Crippen molar-refractivity contribution in [1.82, 2.24) is 10.2 Å². The maximum Gasteiger partial charge on any atom is 0.315 e. The van der Waals surface area contributed by atoms with Crippen LogP contribution in [0.4, 0.5) is 6.01 Å². The third kappa shape index (κ3) is 1.73. The molecule has 0 aliphatic rings. The first kappa shape index (κ1) is 8.99. The standard InChI is InChI=1S/C7H14N4O/c1-4(2)5(8)6-10-11-7(9-3)12-6/h4-5H,8H2,1-3H3,(H,9,11). The minimum Gasteiger partial charge on any atom is -0.406 e. The van der Waals surface area contributed by atoms with Crippen molar-refractivity contribution < 1.29 is 4.42 Å². The van der Waals surface area contributed by atoms with Gasteiger partial charge in [0.25, 0.3) is 0 Å². The van der Waals surface area contributed by atoms with Crippen LogP contribution in [-0.2, 0) is 0 Å². The predicted molar refractivity (Wildman–Crippen MR) is 45.6 cm³/mol. The molecule has 0 bridgehead atoms. The van der Waals surface area contributed by atoms with Crippen molar-refractivity contribution in [2.75, 3.05) is 12.4 Å². The van der Waals surface area contributed by atoms with Gasteiger partial charge >= 0.3 is 6.01 Å². The summed E-state index contributed by atoms with van der Waals surface area (Å²) in [5.74, 6) is 0.782. The van der Waals surface area contributed by atoms with Crippen LogP contribution in [0.15, 0.2) is 4.42 Å². The van der Waals surface area contributed by atoms with E-state index >= 15 is 0 Å².